The smallest absolute Gasteiger partial charge is 0.335 e. The predicted molar refractivity (Wildman–Crippen MR) is 89.7 cm³/mol. The zero-order valence-electron chi connectivity index (χ0n) is 15.0. The molecule has 0 saturated carbocycles. The first-order chi connectivity index (χ1) is 11.4. The topological polar surface area (TPSA) is 71.1 Å². The largest absolute Gasteiger partial charge is 0.493 e. The van der Waals surface area contributed by atoms with Crippen molar-refractivity contribution in [1.29, 1.82) is 0 Å². The van der Waals surface area contributed by atoms with Gasteiger partial charge < -0.3 is 18.9 Å². The SMILES string of the molecule is COc1ccc(C(=O)COC(=O)C(C)OCCC(C)C)cc1OC. The molecule has 0 heterocycles. The number of rotatable bonds is 10. The Bertz CT molecular complexity index is 552. The minimum Gasteiger partial charge on any atom is -0.493 e. The molecular weight excluding hydrogens is 312 g/mol. The molecule has 0 radical (unpaired) electrons. The third-order valence-corrected chi connectivity index (χ3v) is 3.45. The molecule has 1 aromatic rings. The Morgan fingerprint density at radius 1 is 1.04 bits per heavy atom. The van der Waals surface area contributed by atoms with E-state index in [0.717, 1.165) is 6.42 Å². The Hall–Kier alpha value is -2.08. The number of methoxy groups -OCH3 is 2. The van der Waals surface area contributed by atoms with Crippen molar-refractivity contribution < 1.29 is 28.5 Å². The maximum atomic E-state index is 12.1. The monoisotopic (exact) mass is 338 g/mol. The van der Waals surface area contributed by atoms with Crippen molar-refractivity contribution in [1.82, 2.24) is 0 Å². The number of benzene rings is 1. The maximum Gasteiger partial charge on any atom is 0.335 e. The van der Waals surface area contributed by atoms with Crippen molar-refractivity contribution in [2.45, 2.75) is 33.3 Å². The average Bonchev–Trinajstić information content (AvgIpc) is 2.58. The van der Waals surface area contributed by atoms with Gasteiger partial charge in [-0.3, -0.25) is 4.79 Å². The van der Waals surface area contributed by atoms with Crippen molar-refractivity contribution in [2.75, 3.05) is 27.4 Å². The Kier molecular flexibility index (Phi) is 8.26. The van der Waals surface area contributed by atoms with Crippen LogP contribution in [0.15, 0.2) is 18.2 Å². The summed E-state index contributed by atoms with van der Waals surface area (Å²) in [6.07, 6.45) is 0.171. The van der Waals surface area contributed by atoms with E-state index in [2.05, 4.69) is 13.8 Å². The lowest BCUT2D eigenvalue weighted by Crippen LogP contribution is -2.26. The first-order valence-corrected chi connectivity index (χ1v) is 7.92. The van der Waals surface area contributed by atoms with Crippen LogP contribution in [0, 0.1) is 5.92 Å². The summed E-state index contributed by atoms with van der Waals surface area (Å²) < 4.78 is 20.7. The molecule has 1 rings (SSSR count). The summed E-state index contributed by atoms with van der Waals surface area (Å²) in [6, 6.07) is 4.78. The van der Waals surface area contributed by atoms with Gasteiger partial charge in [0.25, 0.3) is 0 Å². The molecule has 1 unspecified atom stereocenters. The molecule has 0 spiro atoms. The first kappa shape index (κ1) is 20.0. The van der Waals surface area contributed by atoms with E-state index in [1.165, 1.54) is 14.2 Å². The van der Waals surface area contributed by atoms with Crippen LogP contribution in [0.5, 0.6) is 11.5 Å². The fourth-order valence-corrected chi connectivity index (χ4v) is 1.90. The van der Waals surface area contributed by atoms with Crippen LogP contribution in [-0.4, -0.2) is 45.3 Å². The first-order valence-electron chi connectivity index (χ1n) is 7.92. The fourth-order valence-electron chi connectivity index (χ4n) is 1.90. The summed E-state index contributed by atoms with van der Waals surface area (Å²) in [6.45, 7) is 5.91. The van der Waals surface area contributed by atoms with E-state index in [-0.39, 0.29) is 12.4 Å². The molecule has 0 saturated heterocycles. The fraction of sp³-hybridized carbons (Fsp3) is 0.556. The molecule has 0 fully saturated rings. The van der Waals surface area contributed by atoms with Crippen LogP contribution < -0.4 is 9.47 Å². The summed E-state index contributed by atoms with van der Waals surface area (Å²) in [5, 5.41) is 0. The van der Waals surface area contributed by atoms with Gasteiger partial charge in [0, 0.05) is 12.2 Å². The quantitative estimate of drug-likeness (QED) is 0.482. The molecule has 0 N–H and O–H groups in total. The number of ether oxygens (including phenoxy) is 4. The normalized spacial score (nSPS) is 11.9. The van der Waals surface area contributed by atoms with Crippen LogP contribution >= 0.6 is 0 Å². The van der Waals surface area contributed by atoms with Crippen molar-refractivity contribution in [2.24, 2.45) is 5.92 Å². The van der Waals surface area contributed by atoms with Crippen LogP contribution in [-0.2, 0) is 14.3 Å². The summed E-state index contributed by atoms with van der Waals surface area (Å²) in [5.74, 6) is 0.601. The van der Waals surface area contributed by atoms with E-state index in [9.17, 15) is 9.59 Å². The van der Waals surface area contributed by atoms with Gasteiger partial charge in [-0.2, -0.15) is 0 Å². The zero-order valence-corrected chi connectivity index (χ0v) is 15.0. The average molecular weight is 338 g/mol. The minimum atomic E-state index is -0.693. The number of ketones is 1. The molecule has 0 aliphatic heterocycles. The molecule has 0 aromatic heterocycles. The van der Waals surface area contributed by atoms with Gasteiger partial charge in [0.2, 0.25) is 0 Å². The van der Waals surface area contributed by atoms with Crippen molar-refractivity contribution >= 4 is 11.8 Å². The number of hydrogen-bond donors (Lipinski definition) is 0. The predicted octanol–water partition coefficient (Wildman–Crippen LogP) is 2.88. The highest BCUT2D eigenvalue weighted by Crippen LogP contribution is 2.27. The Labute approximate surface area is 143 Å². The second kappa shape index (κ2) is 9.93. The Morgan fingerprint density at radius 2 is 1.71 bits per heavy atom. The summed E-state index contributed by atoms with van der Waals surface area (Å²) >= 11 is 0. The highest BCUT2D eigenvalue weighted by molar-refractivity contribution is 5.98. The Balaban J connectivity index is 2.52. The molecule has 0 amide bonds. The van der Waals surface area contributed by atoms with Gasteiger partial charge >= 0.3 is 5.97 Å². The molecule has 0 bridgehead atoms. The minimum absolute atomic E-state index is 0.321. The van der Waals surface area contributed by atoms with Crippen molar-refractivity contribution in [3.8, 4) is 11.5 Å². The van der Waals surface area contributed by atoms with Crippen LogP contribution in [0.1, 0.15) is 37.6 Å². The van der Waals surface area contributed by atoms with E-state index in [4.69, 9.17) is 18.9 Å². The van der Waals surface area contributed by atoms with Gasteiger partial charge in [0.1, 0.15) is 0 Å². The number of Topliss-reactive ketones (excluding diaryl/α,β-unsaturated/α-hetero) is 1. The molecule has 24 heavy (non-hydrogen) atoms. The molecule has 6 nitrogen and oxygen atoms in total. The number of carbonyl (C=O) groups is 2. The summed E-state index contributed by atoms with van der Waals surface area (Å²) in [4.78, 5) is 24.0. The third-order valence-electron chi connectivity index (χ3n) is 3.45. The van der Waals surface area contributed by atoms with E-state index in [1.54, 1.807) is 25.1 Å². The molecule has 0 aliphatic carbocycles. The zero-order chi connectivity index (χ0) is 18.1. The molecular formula is C18H26O6. The third kappa shape index (κ3) is 6.20. The van der Waals surface area contributed by atoms with Crippen LogP contribution in [0.2, 0.25) is 0 Å². The van der Waals surface area contributed by atoms with Crippen LogP contribution in [0.25, 0.3) is 0 Å². The van der Waals surface area contributed by atoms with Crippen LogP contribution in [0.3, 0.4) is 0 Å². The molecule has 6 heteroatoms. The lowest BCUT2D eigenvalue weighted by atomic mass is 10.1. The molecule has 1 aromatic carbocycles. The van der Waals surface area contributed by atoms with Gasteiger partial charge in [-0.05, 0) is 37.5 Å². The number of esters is 1. The van der Waals surface area contributed by atoms with E-state index >= 15 is 0 Å². The molecule has 134 valence electrons. The second-order valence-electron chi connectivity index (χ2n) is 5.80. The Morgan fingerprint density at radius 3 is 2.29 bits per heavy atom. The van der Waals surface area contributed by atoms with Gasteiger partial charge in [-0.15, -0.1) is 0 Å². The van der Waals surface area contributed by atoms with Gasteiger partial charge in [-0.25, -0.2) is 4.79 Å². The van der Waals surface area contributed by atoms with E-state index in [0.29, 0.717) is 29.6 Å². The standard InChI is InChI=1S/C18H26O6/c1-12(2)8-9-23-13(3)18(20)24-11-15(19)14-6-7-16(21-4)17(10-14)22-5/h6-7,10,12-13H,8-9,11H2,1-5H3. The van der Waals surface area contributed by atoms with E-state index < -0.39 is 12.1 Å². The van der Waals surface area contributed by atoms with Gasteiger partial charge in [0.05, 0.1) is 14.2 Å². The summed E-state index contributed by atoms with van der Waals surface area (Å²) in [7, 11) is 3.00. The summed E-state index contributed by atoms with van der Waals surface area (Å²) in [5.41, 5.74) is 0.383. The van der Waals surface area contributed by atoms with Crippen molar-refractivity contribution in [3.63, 3.8) is 0 Å². The van der Waals surface area contributed by atoms with Gasteiger partial charge in [0.15, 0.2) is 30.0 Å². The number of hydrogen-bond acceptors (Lipinski definition) is 6. The molecule has 1 atom stereocenters. The lowest BCUT2D eigenvalue weighted by Gasteiger charge is -2.13. The molecule has 0 aliphatic rings. The van der Waals surface area contributed by atoms with Gasteiger partial charge in [-0.1, -0.05) is 13.8 Å². The number of carbonyl (C=O) groups excluding carboxylic acids is 2. The highest BCUT2D eigenvalue weighted by atomic mass is 16.6. The van der Waals surface area contributed by atoms with Crippen molar-refractivity contribution in [3.05, 3.63) is 23.8 Å². The highest BCUT2D eigenvalue weighted by Gasteiger charge is 2.18. The maximum absolute atomic E-state index is 12.1. The van der Waals surface area contributed by atoms with E-state index in [1.807, 2.05) is 0 Å². The second-order valence-corrected chi connectivity index (χ2v) is 5.80. The lowest BCUT2D eigenvalue weighted by molar-refractivity contribution is -0.155. The van der Waals surface area contributed by atoms with Crippen LogP contribution in [0.4, 0.5) is 0 Å².